The first-order valence-electron chi connectivity index (χ1n) is 4.53. The maximum Gasteiger partial charge on any atom is 0.341 e. The number of anilines is 1. The minimum Gasteiger partial charge on any atom is -0.462 e. The van der Waals surface area contributed by atoms with Gasteiger partial charge in [-0.2, -0.15) is 5.26 Å². The molecule has 0 saturated heterocycles. The van der Waals surface area contributed by atoms with E-state index in [0.29, 0.717) is 0 Å². The Morgan fingerprint density at radius 1 is 1.56 bits per heavy atom. The predicted molar refractivity (Wildman–Crippen MR) is 59.4 cm³/mol. The molecule has 0 unspecified atom stereocenters. The van der Waals surface area contributed by atoms with E-state index < -0.39 is 5.97 Å². The minimum absolute atomic E-state index is 0.0145. The Kier molecular flexibility index (Phi) is 3.64. The van der Waals surface area contributed by atoms with E-state index in [1.54, 1.807) is 6.92 Å². The van der Waals surface area contributed by atoms with Gasteiger partial charge in [-0.15, -0.1) is 11.3 Å². The molecule has 0 spiro atoms. The molecule has 5 nitrogen and oxygen atoms in total. The molecule has 0 fully saturated rings. The van der Waals surface area contributed by atoms with Crippen molar-refractivity contribution in [2.24, 2.45) is 0 Å². The summed E-state index contributed by atoms with van der Waals surface area (Å²) in [6.45, 7) is 3.14. The highest BCUT2D eigenvalue weighted by atomic mass is 32.1. The smallest absolute Gasteiger partial charge is 0.341 e. The van der Waals surface area contributed by atoms with Crippen LogP contribution >= 0.6 is 11.3 Å². The van der Waals surface area contributed by atoms with Crippen molar-refractivity contribution in [1.29, 1.82) is 5.26 Å². The number of hydrogen-bond acceptors (Lipinski definition) is 6. The molecule has 0 aliphatic rings. The van der Waals surface area contributed by atoms with Gasteiger partial charge in [0.2, 0.25) is 0 Å². The topological polar surface area (TPSA) is 93.2 Å². The molecule has 16 heavy (non-hydrogen) atoms. The van der Waals surface area contributed by atoms with Crippen molar-refractivity contribution < 1.29 is 14.3 Å². The second-order valence-electron chi connectivity index (χ2n) is 2.93. The quantitative estimate of drug-likeness (QED) is 0.637. The van der Waals surface area contributed by atoms with E-state index in [-0.39, 0.29) is 33.4 Å². The fourth-order valence-electron chi connectivity index (χ4n) is 1.21. The number of ketones is 1. The molecular formula is C10H10N2O3S. The largest absolute Gasteiger partial charge is 0.462 e. The molecule has 2 N–H and O–H groups in total. The number of Topliss-reactive ketones (excluding diaryl/α,β-unsaturated/α-hetero) is 1. The van der Waals surface area contributed by atoms with Crippen LogP contribution in [0.2, 0.25) is 0 Å². The molecule has 1 aromatic rings. The number of nitrogens with zero attached hydrogens (tertiary/aromatic N) is 1. The number of hydrogen-bond donors (Lipinski definition) is 1. The SMILES string of the molecule is CCOC(=O)c1c(C(C)=O)sc(N)c1C#N. The first-order chi connectivity index (χ1) is 7.52. The van der Waals surface area contributed by atoms with Gasteiger partial charge in [0.15, 0.2) is 5.78 Å². The fraction of sp³-hybridized carbons (Fsp3) is 0.300. The van der Waals surface area contributed by atoms with E-state index in [4.69, 9.17) is 15.7 Å². The molecular weight excluding hydrogens is 228 g/mol. The predicted octanol–water partition coefficient (Wildman–Crippen LogP) is 1.58. The molecule has 6 heteroatoms. The molecule has 0 aliphatic heterocycles. The third kappa shape index (κ3) is 2.04. The van der Waals surface area contributed by atoms with Crippen LogP contribution in [0.25, 0.3) is 0 Å². The summed E-state index contributed by atoms with van der Waals surface area (Å²) >= 11 is 0.933. The first-order valence-corrected chi connectivity index (χ1v) is 5.35. The van der Waals surface area contributed by atoms with Gasteiger partial charge in [0.25, 0.3) is 0 Å². The second-order valence-corrected chi connectivity index (χ2v) is 3.99. The fourth-order valence-corrected chi connectivity index (χ4v) is 2.11. The van der Waals surface area contributed by atoms with Crippen molar-refractivity contribution in [2.75, 3.05) is 12.3 Å². The zero-order valence-corrected chi connectivity index (χ0v) is 9.68. The lowest BCUT2D eigenvalue weighted by atomic mass is 10.1. The average molecular weight is 238 g/mol. The number of carbonyl (C=O) groups excluding carboxylic acids is 2. The van der Waals surface area contributed by atoms with Gasteiger partial charge in [0.05, 0.1) is 11.5 Å². The third-order valence-corrected chi connectivity index (χ3v) is 2.97. The summed E-state index contributed by atoms with van der Waals surface area (Å²) in [5, 5.41) is 9.03. The number of nitrogens with two attached hydrogens (primary N) is 1. The maximum absolute atomic E-state index is 11.6. The normalized spacial score (nSPS) is 9.56. The van der Waals surface area contributed by atoms with Crippen LogP contribution in [0.1, 0.15) is 39.4 Å². The number of nitriles is 1. The monoisotopic (exact) mass is 238 g/mol. The van der Waals surface area contributed by atoms with E-state index in [0.717, 1.165) is 11.3 Å². The summed E-state index contributed by atoms with van der Waals surface area (Å²) in [6, 6.07) is 1.81. The van der Waals surface area contributed by atoms with Crippen molar-refractivity contribution >= 4 is 28.1 Å². The van der Waals surface area contributed by atoms with Crippen LogP contribution in [0.4, 0.5) is 5.00 Å². The Balaban J connectivity index is 3.38. The van der Waals surface area contributed by atoms with Gasteiger partial charge in [0, 0.05) is 0 Å². The van der Waals surface area contributed by atoms with Gasteiger partial charge >= 0.3 is 5.97 Å². The van der Waals surface area contributed by atoms with Crippen molar-refractivity contribution in [2.45, 2.75) is 13.8 Å². The summed E-state index contributed by atoms with van der Waals surface area (Å²) in [4.78, 5) is 23.1. The Morgan fingerprint density at radius 2 is 2.19 bits per heavy atom. The van der Waals surface area contributed by atoms with Crippen LogP contribution in [0.15, 0.2) is 0 Å². The highest BCUT2D eigenvalue weighted by molar-refractivity contribution is 7.18. The number of ether oxygens (including phenoxy) is 1. The van der Waals surface area contributed by atoms with Crippen molar-refractivity contribution in [3.8, 4) is 6.07 Å². The van der Waals surface area contributed by atoms with Crippen LogP contribution in [0, 0.1) is 11.3 Å². The van der Waals surface area contributed by atoms with E-state index in [9.17, 15) is 9.59 Å². The Bertz CT molecular complexity index is 485. The van der Waals surface area contributed by atoms with E-state index in [1.807, 2.05) is 6.07 Å². The summed E-state index contributed by atoms with van der Waals surface area (Å²) in [5.74, 6) is -0.988. The van der Waals surface area contributed by atoms with Gasteiger partial charge in [0.1, 0.15) is 22.2 Å². The van der Waals surface area contributed by atoms with Gasteiger partial charge < -0.3 is 10.5 Å². The number of nitrogen functional groups attached to an aromatic ring is 1. The highest BCUT2D eigenvalue weighted by Gasteiger charge is 2.25. The van der Waals surface area contributed by atoms with Gasteiger partial charge in [-0.25, -0.2) is 4.79 Å². The van der Waals surface area contributed by atoms with Crippen LogP contribution in [0.5, 0.6) is 0 Å². The third-order valence-electron chi connectivity index (χ3n) is 1.85. The molecule has 84 valence electrons. The molecule has 0 bridgehead atoms. The van der Waals surface area contributed by atoms with Gasteiger partial charge in [-0.3, -0.25) is 4.79 Å². The Morgan fingerprint density at radius 3 is 2.62 bits per heavy atom. The number of rotatable bonds is 3. The summed E-state index contributed by atoms with van der Waals surface area (Å²) in [6.07, 6.45) is 0. The zero-order chi connectivity index (χ0) is 12.3. The van der Waals surface area contributed by atoms with Gasteiger partial charge in [-0.1, -0.05) is 0 Å². The Labute approximate surface area is 96.4 Å². The molecule has 0 aliphatic carbocycles. The van der Waals surface area contributed by atoms with E-state index in [2.05, 4.69) is 0 Å². The van der Waals surface area contributed by atoms with Crippen LogP contribution in [-0.4, -0.2) is 18.4 Å². The molecule has 1 aromatic heterocycles. The van der Waals surface area contributed by atoms with Crippen molar-refractivity contribution in [1.82, 2.24) is 0 Å². The molecule has 0 radical (unpaired) electrons. The summed E-state index contributed by atoms with van der Waals surface area (Å²) in [5.41, 5.74) is 5.57. The number of thiophene rings is 1. The Hall–Kier alpha value is -1.87. The minimum atomic E-state index is -0.683. The van der Waals surface area contributed by atoms with Crippen molar-refractivity contribution in [3.05, 3.63) is 16.0 Å². The number of esters is 1. The molecule has 0 aromatic carbocycles. The molecule has 1 heterocycles. The second kappa shape index (κ2) is 4.77. The first kappa shape index (κ1) is 12.2. The molecule has 0 saturated carbocycles. The average Bonchev–Trinajstić information content (AvgIpc) is 2.55. The maximum atomic E-state index is 11.6. The van der Waals surface area contributed by atoms with E-state index in [1.165, 1.54) is 6.92 Å². The summed E-state index contributed by atoms with van der Waals surface area (Å²) < 4.78 is 4.78. The molecule has 0 atom stereocenters. The highest BCUT2D eigenvalue weighted by Crippen LogP contribution is 2.31. The standard InChI is InChI=1S/C10H10N2O3S/c1-3-15-10(14)7-6(4-11)9(12)16-8(7)5(2)13/h3,12H2,1-2H3. The zero-order valence-electron chi connectivity index (χ0n) is 8.86. The lowest BCUT2D eigenvalue weighted by Crippen LogP contribution is -2.09. The van der Waals surface area contributed by atoms with Crippen molar-refractivity contribution in [3.63, 3.8) is 0 Å². The lowest BCUT2D eigenvalue weighted by Gasteiger charge is -2.01. The van der Waals surface area contributed by atoms with Crippen LogP contribution in [0.3, 0.4) is 0 Å². The summed E-state index contributed by atoms with van der Waals surface area (Å²) in [7, 11) is 0. The van der Waals surface area contributed by atoms with Crippen LogP contribution in [-0.2, 0) is 4.74 Å². The molecule has 1 rings (SSSR count). The van der Waals surface area contributed by atoms with Crippen LogP contribution < -0.4 is 5.73 Å². The van der Waals surface area contributed by atoms with Gasteiger partial charge in [-0.05, 0) is 13.8 Å². The molecule has 0 amide bonds. The van der Waals surface area contributed by atoms with E-state index >= 15 is 0 Å². The lowest BCUT2D eigenvalue weighted by molar-refractivity contribution is 0.0524. The number of carbonyl (C=O) groups is 2.